The third-order valence-electron chi connectivity index (χ3n) is 3.43. The number of ether oxygens (including phenoxy) is 2. The number of benzene rings is 1. The third-order valence-corrected chi connectivity index (χ3v) is 3.43. The SMILES string of the molecule is COc1cc([N+](=O)[O-])ccc1NC(=O)CCN1CCOCC1. The lowest BCUT2D eigenvalue weighted by atomic mass is 10.2. The number of morpholine rings is 1. The number of non-ortho nitro benzene ring substituents is 1. The van der Waals surface area contributed by atoms with Gasteiger partial charge in [-0.25, -0.2) is 0 Å². The summed E-state index contributed by atoms with van der Waals surface area (Å²) >= 11 is 0. The molecule has 1 amide bonds. The smallest absolute Gasteiger partial charge is 0.273 e. The van der Waals surface area contributed by atoms with Crippen LogP contribution in [0.25, 0.3) is 0 Å². The normalized spacial score (nSPS) is 15.3. The van der Waals surface area contributed by atoms with E-state index in [-0.39, 0.29) is 17.3 Å². The highest BCUT2D eigenvalue weighted by Gasteiger charge is 2.15. The Morgan fingerprint density at radius 1 is 1.45 bits per heavy atom. The van der Waals surface area contributed by atoms with Gasteiger partial charge in [0, 0.05) is 32.1 Å². The van der Waals surface area contributed by atoms with E-state index < -0.39 is 4.92 Å². The summed E-state index contributed by atoms with van der Waals surface area (Å²) in [5, 5.41) is 13.4. The van der Waals surface area contributed by atoms with Crippen LogP contribution >= 0.6 is 0 Å². The monoisotopic (exact) mass is 309 g/mol. The van der Waals surface area contributed by atoms with Crippen molar-refractivity contribution in [3.8, 4) is 5.75 Å². The molecule has 1 saturated heterocycles. The average molecular weight is 309 g/mol. The molecule has 1 aromatic carbocycles. The highest BCUT2D eigenvalue weighted by molar-refractivity contribution is 5.92. The molecule has 0 spiro atoms. The summed E-state index contributed by atoms with van der Waals surface area (Å²) in [6.45, 7) is 3.70. The second-order valence-electron chi connectivity index (χ2n) is 4.89. The quantitative estimate of drug-likeness (QED) is 0.628. The largest absolute Gasteiger partial charge is 0.494 e. The van der Waals surface area contributed by atoms with Crippen molar-refractivity contribution in [2.24, 2.45) is 0 Å². The Balaban J connectivity index is 1.91. The summed E-state index contributed by atoms with van der Waals surface area (Å²) < 4.78 is 10.3. The summed E-state index contributed by atoms with van der Waals surface area (Å²) in [4.78, 5) is 24.4. The fourth-order valence-electron chi connectivity index (χ4n) is 2.19. The van der Waals surface area contributed by atoms with Crippen molar-refractivity contribution in [2.45, 2.75) is 6.42 Å². The first-order chi connectivity index (χ1) is 10.6. The van der Waals surface area contributed by atoms with Crippen molar-refractivity contribution in [1.82, 2.24) is 4.90 Å². The Labute approximate surface area is 128 Å². The minimum absolute atomic E-state index is 0.0804. The van der Waals surface area contributed by atoms with Gasteiger partial charge in [0.25, 0.3) is 5.69 Å². The first-order valence-corrected chi connectivity index (χ1v) is 7.02. The predicted octanol–water partition coefficient (Wildman–Crippen LogP) is 1.26. The van der Waals surface area contributed by atoms with Crippen LogP contribution in [0.5, 0.6) is 5.75 Å². The Bertz CT molecular complexity index is 543. The molecule has 1 aromatic rings. The summed E-state index contributed by atoms with van der Waals surface area (Å²) in [5.41, 5.74) is 0.350. The van der Waals surface area contributed by atoms with Crippen molar-refractivity contribution < 1.29 is 19.2 Å². The van der Waals surface area contributed by atoms with E-state index in [1.165, 1.54) is 25.3 Å². The Morgan fingerprint density at radius 2 is 2.18 bits per heavy atom. The molecule has 1 N–H and O–H groups in total. The van der Waals surface area contributed by atoms with Crippen molar-refractivity contribution in [1.29, 1.82) is 0 Å². The van der Waals surface area contributed by atoms with Crippen LogP contribution in [-0.2, 0) is 9.53 Å². The number of carbonyl (C=O) groups is 1. The maximum absolute atomic E-state index is 12.0. The van der Waals surface area contributed by atoms with Gasteiger partial charge < -0.3 is 14.8 Å². The highest BCUT2D eigenvalue weighted by Crippen LogP contribution is 2.29. The highest BCUT2D eigenvalue weighted by atomic mass is 16.6. The van der Waals surface area contributed by atoms with Gasteiger partial charge in [-0.3, -0.25) is 19.8 Å². The molecule has 0 aromatic heterocycles. The molecule has 0 atom stereocenters. The Hall–Kier alpha value is -2.19. The molecule has 8 heteroatoms. The molecule has 1 heterocycles. The lowest BCUT2D eigenvalue weighted by Gasteiger charge is -2.26. The average Bonchev–Trinajstić information content (AvgIpc) is 2.54. The maximum atomic E-state index is 12.0. The van der Waals surface area contributed by atoms with Gasteiger partial charge in [-0.15, -0.1) is 0 Å². The molecule has 0 unspecified atom stereocenters. The van der Waals surface area contributed by atoms with Crippen molar-refractivity contribution in [3.63, 3.8) is 0 Å². The minimum atomic E-state index is -0.507. The third kappa shape index (κ3) is 4.40. The number of hydrogen-bond acceptors (Lipinski definition) is 6. The number of nitrogens with one attached hydrogen (secondary N) is 1. The van der Waals surface area contributed by atoms with Crippen LogP contribution in [0, 0.1) is 10.1 Å². The molecule has 1 aliphatic heterocycles. The number of anilines is 1. The van der Waals surface area contributed by atoms with Gasteiger partial charge in [-0.1, -0.05) is 0 Å². The lowest BCUT2D eigenvalue weighted by molar-refractivity contribution is -0.384. The van der Waals surface area contributed by atoms with Crippen LogP contribution in [-0.4, -0.2) is 55.7 Å². The number of hydrogen-bond donors (Lipinski definition) is 1. The van der Waals surface area contributed by atoms with Gasteiger partial charge in [-0.05, 0) is 6.07 Å². The van der Waals surface area contributed by atoms with E-state index in [0.29, 0.717) is 31.9 Å². The predicted molar refractivity (Wildman–Crippen MR) is 80.2 cm³/mol. The number of methoxy groups -OCH3 is 1. The second-order valence-corrected chi connectivity index (χ2v) is 4.89. The zero-order valence-electron chi connectivity index (χ0n) is 12.4. The van der Waals surface area contributed by atoms with Crippen LogP contribution in [0.1, 0.15) is 6.42 Å². The van der Waals surface area contributed by atoms with E-state index in [1.807, 2.05) is 0 Å². The topological polar surface area (TPSA) is 93.9 Å². The molecule has 1 fully saturated rings. The van der Waals surface area contributed by atoms with E-state index in [1.54, 1.807) is 0 Å². The van der Waals surface area contributed by atoms with Crippen molar-refractivity contribution >= 4 is 17.3 Å². The molecule has 0 radical (unpaired) electrons. The van der Waals surface area contributed by atoms with Crippen LogP contribution < -0.4 is 10.1 Å². The van der Waals surface area contributed by atoms with Gasteiger partial charge in [0.1, 0.15) is 5.75 Å². The van der Waals surface area contributed by atoms with E-state index in [2.05, 4.69) is 10.2 Å². The summed E-state index contributed by atoms with van der Waals surface area (Å²) in [6, 6.07) is 4.10. The molecule has 2 rings (SSSR count). The zero-order valence-corrected chi connectivity index (χ0v) is 12.4. The molecular formula is C14H19N3O5. The molecule has 0 saturated carbocycles. The van der Waals surface area contributed by atoms with E-state index in [4.69, 9.17) is 9.47 Å². The molecule has 0 aliphatic carbocycles. The van der Waals surface area contributed by atoms with Gasteiger partial charge in [0.15, 0.2) is 0 Å². The Kier molecular flexibility index (Phi) is 5.68. The van der Waals surface area contributed by atoms with Gasteiger partial charge >= 0.3 is 0 Å². The first-order valence-electron chi connectivity index (χ1n) is 7.02. The van der Waals surface area contributed by atoms with Crippen molar-refractivity contribution in [3.05, 3.63) is 28.3 Å². The maximum Gasteiger partial charge on any atom is 0.273 e. The summed E-state index contributed by atoms with van der Waals surface area (Å²) in [7, 11) is 1.41. The molecular weight excluding hydrogens is 290 g/mol. The molecule has 0 bridgehead atoms. The molecule has 22 heavy (non-hydrogen) atoms. The van der Waals surface area contributed by atoms with Gasteiger partial charge in [0.05, 0.1) is 37.0 Å². The standard InChI is InChI=1S/C14H19N3O5/c1-21-13-10-11(17(19)20)2-3-12(13)15-14(18)4-5-16-6-8-22-9-7-16/h2-3,10H,4-9H2,1H3,(H,15,18). The zero-order chi connectivity index (χ0) is 15.9. The number of rotatable bonds is 6. The van der Waals surface area contributed by atoms with Crippen molar-refractivity contribution in [2.75, 3.05) is 45.3 Å². The van der Waals surface area contributed by atoms with E-state index >= 15 is 0 Å². The number of carbonyl (C=O) groups excluding carboxylic acids is 1. The number of nitro benzene ring substituents is 1. The van der Waals surface area contributed by atoms with E-state index in [9.17, 15) is 14.9 Å². The van der Waals surface area contributed by atoms with Crippen LogP contribution in [0.2, 0.25) is 0 Å². The van der Waals surface area contributed by atoms with Gasteiger partial charge in [0.2, 0.25) is 5.91 Å². The van der Waals surface area contributed by atoms with E-state index in [0.717, 1.165) is 13.1 Å². The first kappa shape index (κ1) is 16.2. The fourth-order valence-corrected chi connectivity index (χ4v) is 2.19. The molecule has 120 valence electrons. The van der Waals surface area contributed by atoms with Gasteiger partial charge in [-0.2, -0.15) is 0 Å². The summed E-state index contributed by atoms with van der Waals surface area (Å²) in [5.74, 6) is 0.118. The fraction of sp³-hybridized carbons (Fsp3) is 0.500. The number of nitrogens with zero attached hydrogens (tertiary/aromatic N) is 2. The van der Waals surface area contributed by atoms with Crippen LogP contribution in [0.15, 0.2) is 18.2 Å². The molecule has 8 nitrogen and oxygen atoms in total. The van der Waals surface area contributed by atoms with Crippen LogP contribution in [0.3, 0.4) is 0 Å². The second kappa shape index (κ2) is 7.71. The summed E-state index contributed by atoms with van der Waals surface area (Å²) in [6.07, 6.45) is 0.347. The minimum Gasteiger partial charge on any atom is -0.494 e. The molecule has 1 aliphatic rings. The lowest BCUT2D eigenvalue weighted by Crippen LogP contribution is -2.38. The number of amides is 1. The Morgan fingerprint density at radius 3 is 2.82 bits per heavy atom. The van der Waals surface area contributed by atoms with Crippen LogP contribution in [0.4, 0.5) is 11.4 Å². The number of nitro groups is 1.